The van der Waals surface area contributed by atoms with Crippen LogP contribution in [0.5, 0.6) is 0 Å². The molecule has 1 nitrogen and oxygen atoms in total. The average Bonchev–Trinajstić information content (AvgIpc) is 2.25. The third-order valence-corrected chi connectivity index (χ3v) is 4.90. The van der Waals surface area contributed by atoms with Gasteiger partial charge in [-0.3, -0.25) is 0 Å². The van der Waals surface area contributed by atoms with Gasteiger partial charge >= 0.3 is 0 Å². The molecule has 0 aromatic heterocycles. The standard InChI is InChI=1S/C12H26OS/c1-7-11(5,8-2)13-14-12(6,9-3)10-4/h7-10H2,1-6H3. The predicted molar refractivity (Wildman–Crippen MR) is 66.7 cm³/mol. The summed E-state index contributed by atoms with van der Waals surface area (Å²) in [6.07, 6.45) is 4.50. The van der Waals surface area contributed by atoms with Gasteiger partial charge < -0.3 is 4.18 Å². The molecule has 0 atom stereocenters. The van der Waals surface area contributed by atoms with Crippen molar-refractivity contribution in [1.82, 2.24) is 0 Å². The van der Waals surface area contributed by atoms with Crippen LogP contribution in [0.4, 0.5) is 0 Å². The minimum Gasteiger partial charge on any atom is -0.309 e. The summed E-state index contributed by atoms with van der Waals surface area (Å²) in [7, 11) is 0. The van der Waals surface area contributed by atoms with Gasteiger partial charge in [-0.1, -0.05) is 27.7 Å². The predicted octanol–water partition coefficient (Wildman–Crippen LogP) is 4.81. The van der Waals surface area contributed by atoms with Gasteiger partial charge in [-0.05, 0) is 51.6 Å². The van der Waals surface area contributed by atoms with Crippen LogP contribution in [0.1, 0.15) is 67.2 Å². The Balaban J connectivity index is 4.14. The molecule has 0 aliphatic rings. The summed E-state index contributed by atoms with van der Waals surface area (Å²) < 4.78 is 6.27. The van der Waals surface area contributed by atoms with Gasteiger partial charge in [-0.2, -0.15) is 0 Å². The highest BCUT2D eigenvalue weighted by molar-refractivity contribution is 7.96. The molecule has 0 radical (unpaired) electrons. The van der Waals surface area contributed by atoms with Gasteiger partial charge in [0, 0.05) is 4.75 Å². The normalized spacial score (nSPS) is 13.3. The minimum atomic E-state index is 0.0519. The van der Waals surface area contributed by atoms with E-state index in [2.05, 4.69) is 41.5 Å². The molecule has 0 aromatic carbocycles. The molecule has 0 fully saturated rings. The van der Waals surface area contributed by atoms with Crippen LogP contribution >= 0.6 is 12.0 Å². The van der Waals surface area contributed by atoms with E-state index in [0.29, 0.717) is 0 Å². The largest absolute Gasteiger partial charge is 0.309 e. The maximum Gasteiger partial charge on any atom is 0.0796 e. The molecule has 0 saturated heterocycles. The zero-order valence-corrected chi connectivity index (χ0v) is 11.5. The monoisotopic (exact) mass is 218 g/mol. The molecule has 0 spiro atoms. The Morgan fingerprint density at radius 2 is 1.29 bits per heavy atom. The maximum atomic E-state index is 5.99. The molecule has 0 saturated carbocycles. The van der Waals surface area contributed by atoms with Crippen LogP contribution in [-0.2, 0) is 4.18 Å². The van der Waals surface area contributed by atoms with E-state index in [9.17, 15) is 0 Å². The number of rotatable bonds is 7. The average molecular weight is 218 g/mol. The fraction of sp³-hybridized carbons (Fsp3) is 1.00. The van der Waals surface area contributed by atoms with E-state index in [1.54, 1.807) is 12.0 Å². The van der Waals surface area contributed by atoms with Crippen molar-refractivity contribution >= 4 is 12.0 Å². The second-order valence-electron chi connectivity index (χ2n) is 4.48. The summed E-state index contributed by atoms with van der Waals surface area (Å²) in [6.45, 7) is 13.3. The molecule has 0 heterocycles. The second-order valence-corrected chi connectivity index (χ2v) is 5.80. The molecule has 0 aliphatic heterocycles. The van der Waals surface area contributed by atoms with Gasteiger partial charge in [0.15, 0.2) is 0 Å². The van der Waals surface area contributed by atoms with Crippen molar-refractivity contribution in [2.45, 2.75) is 77.6 Å². The van der Waals surface area contributed by atoms with Gasteiger partial charge in [0.2, 0.25) is 0 Å². The first kappa shape index (κ1) is 14.3. The first-order valence-electron chi connectivity index (χ1n) is 5.82. The van der Waals surface area contributed by atoms with Crippen molar-refractivity contribution in [3.8, 4) is 0 Å². The summed E-state index contributed by atoms with van der Waals surface area (Å²) in [5, 5.41) is 0. The molecule has 14 heavy (non-hydrogen) atoms. The van der Waals surface area contributed by atoms with Crippen molar-refractivity contribution in [3.05, 3.63) is 0 Å². The zero-order chi connectivity index (χ0) is 11.2. The molecule has 0 aliphatic carbocycles. The Morgan fingerprint density at radius 3 is 1.57 bits per heavy atom. The lowest BCUT2D eigenvalue weighted by atomic mass is 10.0. The van der Waals surface area contributed by atoms with Crippen LogP contribution in [0.25, 0.3) is 0 Å². The van der Waals surface area contributed by atoms with E-state index in [0.717, 1.165) is 25.7 Å². The van der Waals surface area contributed by atoms with Crippen molar-refractivity contribution in [2.24, 2.45) is 0 Å². The van der Waals surface area contributed by atoms with Gasteiger partial charge in [0.05, 0.1) is 5.60 Å². The van der Waals surface area contributed by atoms with Crippen molar-refractivity contribution < 1.29 is 4.18 Å². The van der Waals surface area contributed by atoms with E-state index >= 15 is 0 Å². The van der Waals surface area contributed by atoms with E-state index in [-0.39, 0.29) is 10.3 Å². The highest BCUT2D eigenvalue weighted by Crippen LogP contribution is 2.37. The SMILES string of the molecule is CCC(C)(CC)OSC(C)(CC)CC. The molecule has 0 unspecified atom stereocenters. The van der Waals surface area contributed by atoms with E-state index in [4.69, 9.17) is 4.18 Å². The van der Waals surface area contributed by atoms with Crippen molar-refractivity contribution in [3.63, 3.8) is 0 Å². The molecule has 0 N–H and O–H groups in total. The molecule has 0 rings (SSSR count). The Bertz CT molecular complexity index is 130. The molecule has 0 aromatic rings. The Morgan fingerprint density at radius 1 is 0.857 bits per heavy atom. The third kappa shape index (κ3) is 4.22. The smallest absolute Gasteiger partial charge is 0.0796 e. The Hall–Kier alpha value is 0.310. The molecular formula is C12H26OS. The lowest BCUT2D eigenvalue weighted by Gasteiger charge is -2.32. The van der Waals surface area contributed by atoms with Gasteiger partial charge in [0.25, 0.3) is 0 Å². The second kappa shape index (κ2) is 6.02. The number of hydrogen-bond donors (Lipinski definition) is 0. The summed E-state index contributed by atoms with van der Waals surface area (Å²) >= 11 is 1.68. The van der Waals surface area contributed by atoms with Crippen molar-refractivity contribution in [1.29, 1.82) is 0 Å². The Kier molecular flexibility index (Phi) is 6.15. The van der Waals surface area contributed by atoms with Crippen LogP contribution in [0, 0.1) is 0 Å². The molecule has 86 valence electrons. The zero-order valence-electron chi connectivity index (χ0n) is 10.6. The Labute approximate surface area is 94.2 Å². The highest BCUT2D eigenvalue weighted by atomic mass is 32.2. The first-order valence-corrected chi connectivity index (χ1v) is 6.56. The minimum absolute atomic E-state index is 0.0519. The summed E-state index contributed by atoms with van der Waals surface area (Å²) in [4.78, 5) is 0. The van der Waals surface area contributed by atoms with Crippen LogP contribution in [-0.4, -0.2) is 10.3 Å². The van der Waals surface area contributed by atoms with Crippen molar-refractivity contribution in [2.75, 3.05) is 0 Å². The van der Waals surface area contributed by atoms with E-state index in [1.165, 1.54) is 0 Å². The van der Waals surface area contributed by atoms with Crippen LogP contribution in [0.2, 0.25) is 0 Å². The van der Waals surface area contributed by atoms with Gasteiger partial charge in [-0.25, -0.2) is 0 Å². The van der Waals surface area contributed by atoms with E-state index in [1.807, 2.05) is 0 Å². The lowest BCUT2D eigenvalue weighted by molar-refractivity contribution is 0.104. The van der Waals surface area contributed by atoms with E-state index < -0.39 is 0 Å². The molecule has 0 bridgehead atoms. The molecular weight excluding hydrogens is 192 g/mol. The van der Waals surface area contributed by atoms with Gasteiger partial charge in [-0.15, -0.1) is 0 Å². The number of hydrogen-bond acceptors (Lipinski definition) is 2. The third-order valence-electron chi connectivity index (χ3n) is 3.44. The molecule has 0 amide bonds. The molecule has 2 heteroatoms. The highest BCUT2D eigenvalue weighted by Gasteiger charge is 2.28. The van der Waals surface area contributed by atoms with Gasteiger partial charge in [0.1, 0.15) is 0 Å². The van der Waals surface area contributed by atoms with Crippen LogP contribution in [0.15, 0.2) is 0 Å². The summed E-state index contributed by atoms with van der Waals surface area (Å²) in [5.74, 6) is 0. The fourth-order valence-corrected chi connectivity index (χ4v) is 1.81. The maximum absolute atomic E-state index is 5.99. The lowest BCUT2D eigenvalue weighted by Crippen LogP contribution is -2.28. The van der Waals surface area contributed by atoms with Crippen LogP contribution in [0.3, 0.4) is 0 Å². The summed E-state index contributed by atoms with van der Waals surface area (Å²) in [5.41, 5.74) is 0.0519. The first-order chi connectivity index (χ1) is 6.45. The topological polar surface area (TPSA) is 9.23 Å². The quantitative estimate of drug-likeness (QED) is 0.567. The fourth-order valence-electron chi connectivity index (χ4n) is 0.937. The van der Waals surface area contributed by atoms with Crippen LogP contribution < -0.4 is 0 Å². The summed E-state index contributed by atoms with van der Waals surface area (Å²) in [6, 6.07) is 0.